The summed E-state index contributed by atoms with van der Waals surface area (Å²) in [5.41, 5.74) is 0.726. The number of amides is 2. The summed E-state index contributed by atoms with van der Waals surface area (Å²) in [7, 11) is 1.51. The van der Waals surface area contributed by atoms with E-state index in [9.17, 15) is 19.1 Å². The smallest absolute Gasteiger partial charge is 0.341 e. The Morgan fingerprint density at radius 1 is 1.21 bits per heavy atom. The number of carboxylic acid groups (broad SMARTS) is 1. The topological polar surface area (TPSA) is 114 Å². The van der Waals surface area contributed by atoms with Crippen LogP contribution in [0.5, 0.6) is 5.75 Å². The molecule has 1 atom stereocenters. The third-order valence-electron chi connectivity index (χ3n) is 4.12. The van der Waals surface area contributed by atoms with Crippen LogP contribution in [0.15, 0.2) is 53.1 Å². The third kappa shape index (κ3) is 4.52. The van der Waals surface area contributed by atoms with Gasteiger partial charge in [-0.1, -0.05) is 11.2 Å². The summed E-state index contributed by atoms with van der Waals surface area (Å²) in [6.45, 7) is 1.56. The highest BCUT2D eigenvalue weighted by Gasteiger charge is 2.28. The Labute approximate surface area is 165 Å². The van der Waals surface area contributed by atoms with Crippen molar-refractivity contribution < 1.29 is 28.3 Å². The van der Waals surface area contributed by atoms with E-state index in [0.29, 0.717) is 17.0 Å². The number of ether oxygens (including phenoxy) is 1. The zero-order valence-corrected chi connectivity index (χ0v) is 15.6. The fourth-order valence-corrected chi connectivity index (χ4v) is 2.74. The lowest BCUT2D eigenvalue weighted by Crippen LogP contribution is -2.31. The van der Waals surface area contributed by atoms with Crippen molar-refractivity contribution in [1.29, 1.82) is 0 Å². The molecule has 0 bridgehead atoms. The lowest BCUT2D eigenvalue weighted by molar-refractivity contribution is 0.0694. The molecule has 0 aliphatic rings. The van der Waals surface area contributed by atoms with Gasteiger partial charge < -0.3 is 25.0 Å². The van der Waals surface area contributed by atoms with Crippen LogP contribution in [0.2, 0.25) is 0 Å². The molecule has 1 unspecified atom stereocenters. The van der Waals surface area contributed by atoms with Crippen LogP contribution >= 0.6 is 0 Å². The minimum absolute atomic E-state index is 0.0300. The number of carbonyl (C=O) groups excluding carboxylic acids is 1. The fourth-order valence-electron chi connectivity index (χ4n) is 2.74. The summed E-state index contributed by atoms with van der Waals surface area (Å²) in [6.07, 6.45) is 0. The first-order valence-electron chi connectivity index (χ1n) is 8.59. The Morgan fingerprint density at radius 2 is 1.93 bits per heavy atom. The number of benzene rings is 2. The van der Waals surface area contributed by atoms with Gasteiger partial charge in [0.2, 0.25) is 0 Å². The van der Waals surface area contributed by atoms with Gasteiger partial charge in [0.1, 0.15) is 22.8 Å². The largest absolute Gasteiger partial charge is 0.497 e. The van der Waals surface area contributed by atoms with Crippen molar-refractivity contribution in [2.24, 2.45) is 0 Å². The van der Waals surface area contributed by atoms with E-state index in [1.807, 2.05) is 0 Å². The maximum atomic E-state index is 13.1. The van der Waals surface area contributed by atoms with Gasteiger partial charge in [0.15, 0.2) is 5.76 Å². The zero-order valence-electron chi connectivity index (χ0n) is 15.6. The van der Waals surface area contributed by atoms with Gasteiger partial charge in [0.25, 0.3) is 0 Å². The number of methoxy groups -OCH3 is 1. The van der Waals surface area contributed by atoms with E-state index in [1.54, 1.807) is 31.2 Å². The molecule has 2 aromatic carbocycles. The molecule has 0 radical (unpaired) electrons. The molecule has 2 amide bonds. The summed E-state index contributed by atoms with van der Waals surface area (Å²) in [5, 5.41) is 18.6. The van der Waals surface area contributed by atoms with Gasteiger partial charge in [-0.15, -0.1) is 0 Å². The van der Waals surface area contributed by atoms with Gasteiger partial charge >= 0.3 is 12.0 Å². The van der Waals surface area contributed by atoms with Crippen LogP contribution in [-0.4, -0.2) is 29.4 Å². The molecule has 8 nitrogen and oxygen atoms in total. The monoisotopic (exact) mass is 399 g/mol. The van der Waals surface area contributed by atoms with Crippen LogP contribution in [0.3, 0.4) is 0 Å². The highest BCUT2D eigenvalue weighted by molar-refractivity contribution is 5.96. The lowest BCUT2D eigenvalue weighted by Gasteiger charge is -2.13. The van der Waals surface area contributed by atoms with Gasteiger partial charge in [0.05, 0.1) is 13.2 Å². The summed E-state index contributed by atoms with van der Waals surface area (Å²) in [6, 6.07) is 10.6. The Kier molecular flexibility index (Phi) is 5.77. The first-order valence-corrected chi connectivity index (χ1v) is 8.59. The molecule has 29 heavy (non-hydrogen) atoms. The molecule has 0 fully saturated rings. The second-order valence-electron chi connectivity index (χ2n) is 6.13. The number of nitrogens with one attached hydrogen (secondary N) is 2. The molecule has 9 heteroatoms. The average Bonchev–Trinajstić information content (AvgIpc) is 3.14. The van der Waals surface area contributed by atoms with Gasteiger partial charge in [-0.05, 0) is 43.3 Å². The first-order chi connectivity index (χ1) is 13.9. The van der Waals surface area contributed by atoms with Gasteiger partial charge in [-0.2, -0.15) is 0 Å². The van der Waals surface area contributed by atoms with E-state index >= 15 is 0 Å². The third-order valence-corrected chi connectivity index (χ3v) is 4.12. The number of halogens is 1. The number of aromatic carboxylic acids is 1. The van der Waals surface area contributed by atoms with Crippen LogP contribution in [0.4, 0.5) is 14.9 Å². The quantitative estimate of drug-likeness (QED) is 0.576. The van der Waals surface area contributed by atoms with E-state index in [4.69, 9.17) is 9.26 Å². The first kappa shape index (κ1) is 19.9. The molecule has 0 saturated heterocycles. The molecule has 1 aromatic heterocycles. The molecular weight excluding hydrogens is 381 g/mol. The summed E-state index contributed by atoms with van der Waals surface area (Å²) in [5.74, 6) is -1.19. The molecule has 3 N–H and O–H groups in total. The van der Waals surface area contributed by atoms with Gasteiger partial charge in [-0.25, -0.2) is 14.0 Å². The normalized spacial score (nSPS) is 11.6. The Hall–Kier alpha value is -3.88. The van der Waals surface area contributed by atoms with E-state index in [2.05, 4.69) is 15.8 Å². The number of carboxylic acids is 1. The van der Waals surface area contributed by atoms with Crippen molar-refractivity contribution >= 4 is 17.7 Å². The van der Waals surface area contributed by atoms with Crippen molar-refractivity contribution in [3.8, 4) is 17.0 Å². The number of hydrogen-bond acceptors (Lipinski definition) is 5. The minimum Gasteiger partial charge on any atom is -0.497 e. The van der Waals surface area contributed by atoms with Gasteiger partial charge in [-0.3, -0.25) is 0 Å². The zero-order chi connectivity index (χ0) is 21.0. The molecule has 0 saturated carbocycles. The summed E-state index contributed by atoms with van der Waals surface area (Å²) in [4.78, 5) is 24.1. The van der Waals surface area contributed by atoms with E-state index in [-0.39, 0.29) is 17.0 Å². The second-order valence-corrected chi connectivity index (χ2v) is 6.13. The minimum atomic E-state index is -1.28. The average molecular weight is 399 g/mol. The van der Waals surface area contributed by atoms with Crippen molar-refractivity contribution in [1.82, 2.24) is 10.5 Å². The van der Waals surface area contributed by atoms with E-state index < -0.39 is 23.9 Å². The number of carbonyl (C=O) groups is 2. The van der Waals surface area contributed by atoms with Crippen molar-refractivity contribution in [3.05, 3.63) is 65.7 Å². The van der Waals surface area contributed by atoms with Crippen molar-refractivity contribution in [3.63, 3.8) is 0 Å². The van der Waals surface area contributed by atoms with Crippen molar-refractivity contribution in [2.75, 3.05) is 12.4 Å². The number of nitrogens with zero attached hydrogens (tertiary/aromatic N) is 1. The predicted octanol–water partition coefficient (Wildman–Crippen LogP) is 4.07. The summed E-state index contributed by atoms with van der Waals surface area (Å²) < 4.78 is 23.4. The highest BCUT2D eigenvalue weighted by atomic mass is 19.1. The molecule has 150 valence electrons. The lowest BCUT2D eigenvalue weighted by atomic mass is 10.0. The molecule has 0 aliphatic carbocycles. The number of rotatable bonds is 6. The Balaban J connectivity index is 1.79. The molecular formula is C20H18FN3O5. The molecule has 1 heterocycles. The molecule has 0 aliphatic heterocycles. The highest BCUT2D eigenvalue weighted by Crippen LogP contribution is 2.29. The van der Waals surface area contributed by atoms with Crippen LogP contribution < -0.4 is 15.4 Å². The SMILES string of the molecule is COc1cccc(NC(=O)NC(C)c2onc(-c3ccc(F)cc3)c2C(=O)O)c1. The predicted molar refractivity (Wildman–Crippen MR) is 102 cm³/mol. The summed E-state index contributed by atoms with van der Waals surface area (Å²) >= 11 is 0. The second kappa shape index (κ2) is 8.42. The standard InChI is InChI=1S/C20H18FN3O5/c1-11(22-20(27)23-14-4-3-5-15(10-14)28-2)18-16(19(25)26)17(24-29-18)12-6-8-13(21)9-7-12/h3-11H,1-2H3,(H,25,26)(H2,22,23,27). The molecule has 3 aromatic rings. The Bertz CT molecular complexity index is 1030. The van der Waals surface area contributed by atoms with E-state index in [0.717, 1.165) is 0 Å². The van der Waals surface area contributed by atoms with Crippen LogP contribution in [0.25, 0.3) is 11.3 Å². The number of hydrogen-bond donors (Lipinski definition) is 3. The van der Waals surface area contributed by atoms with E-state index in [1.165, 1.54) is 31.4 Å². The van der Waals surface area contributed by atoms with Gasteiger partial charge in [0, 0.05) is 17.3 Å². The molecule has 3 rings (SSSR count). The Morgan fingerprint density at radius 3 is 2.59 bits per heavy atom. The fraction of sp³-hybridized carbons (Fsp3) is 0.150. The van der Waals surface area contributed by atoms with Crippen LogP contribution in [0, 0.1) is 5.82 Å². The maximum absolute atomic E-state index is 13.1. The molecule has 0 spiro atoms. The maximum Gasteiger partial charge on any atom is 0.341 e. The van der Waals surface area contributed by atoms with Crippen molar-refractivity contribution in [2.45, 2.75) is 13.0 Å². The van der Waals surface area contributed by atoms with Crippen LogP contribution in [-0.2, 0) is 0 Å². The van der Waals surface area contributed by atoms with Crippen LogP contribution in [0.1, 0.15) is 29.1 Å². The number of anilines is 1. The number of aromatic nitrogens is 1. The number of urea groups is 1.